The van der Waals surface area contributed by atoms with E-state index >= 15 is 0 Å². The number of nitrogens with one attached hydrogen (secondary N) is 2. The third-order valence-electron chi connectivity index (χ3n) is 3.41. The van der Waals surface area contributed by atoms with Gasteiger partial charge in [-0.3, -0.25) is 4.57 Å². The molecule has 0 bridgehead atoms. The van der Waals surface area contributed by atoms with Gasteiger partial charge in [-0.05, 0) is 43.4 Å². The highest BCUT2D eigenvalue weighted by molar-refractivity contribution is 14.0. The Bertz CT molecular complexity index is 600. The minimum atomic E-state index is 0. The van der Waals surface area contributed by atoms with Crippen LogP contribution in [0.25, 0.3) is 5.82 Å². The Hall–Kier alpha value is -1.29. The largest absolute Gasteiger partial charge is 0.357 e. The summed E-state index contributed by atoms with van der Waals surface area (Å²) in [6.07, 6.45) is 11.8. The third-order valence-corrected chi connectivity index (χ3v) is 4.11. The molecule has 0 aliphatic rings. The lowest BCUT2D eigenvalue weighted by molar-refractivity contribution is 0.734. The summed E-state index contributed by atoms with van der Waals surface area (Å²) in [7, 11) is 0. The second-order valence-corrected chi connectivity index (χ2v) is 6.30. The van der Waals surface area contributed by atoms with Crippen molar-refractivity contribution in [3.63, 3.8) is 0 Å². The van der Waals surface area contributed by atoms with Crippen LogP contribution in [0.5, 0.6) is 0 Å². The molecule has 25 heavy (non-hydrogen) atoms. The smallest absolute Gasteiger partial charge is 0.191 e. The van der Waals surface area contributed by atoms with Gasteiger partial charge in [-0.25, -0.2) is 15.0 Å². The van der Waals surface area contributed by atoms with E-state index in [2.05, 4.69) is 38.8 Å². The van der Waals surface area contributed by atoms with E-state index in [1.807, 2.05) is 40.9 Å². The molecule has 0 radical (unpaired) electrons. The van der Waals surface area contributed by atoms with Crippen LogP contribution in [0.15, 0.2) is 42.0 Å². The highest BCUT2D eigenvalue weighted by atomic mass is 127. The van der Waals surface area contributed by atoms with E-state index in [1.54, 1.807) is 12.5 Å². The number of aliphatic imine (C=N–C) groups is 1. The van der Waals surface area contributed by atoms with E-state index < -0.39 is 0 Å². The van der Waals surface area contributed by atoms with Gasteiger partial charge in [-0.1, -0.05) is 6.07 Å². The van der Waals surface area contributed by atoms with Crippen LogP contribution in [0.1, 0.15) is 25.3 Å². The van der Waals surface area contributed by atoms with Gasteiger partial charge in [0.25, 0.3) is 0 Å². The molecule has 0 saturated carbocycles. The van der Waals surface area contributed by atoms with Crippen molar-refractivity contribution in [1.82, 2.24) is 25.2 Å². The zero-order valence-electron chi connectivity index (χ0n) is 14.8. The number of halogens is 1. The summed E-state index contributed by atoms with van der Waals surface area (Å²) in [4.78, 5) is 13.1. The number of thioether (sulfide) groups is 1. The van der Waals surface area contributed by atoms with E-state index in [-0.39, 0.29) is 24.0 Å². The standard InChI is InChI=1S/C17H26N6S.HI/c1-3-19-17(20-8-4-5-11-24-2)22-13-15-6-7-16(21-12-15)23-10-9-18-14-23;/h6-7,9-10,12,14H,3-5,8,11,13H2,1-2H3,(H2,19,20,22);1H. The van der Waals surface area contributed by atoms with Gasteiger partial charge in [0.2, 0.25) is 0 Å². The zero-order valence-corrected chi connectivity index (χ0v) is 18.0. The van der Waals surface area contributed by atoms with Crippen molar-refractivity contribution in [2.75, 3.05) is 25.1 Å². The number of hydrogen-bond acceptors (Lipinski definition) is 4. The first-order valence-corrected chi connectivity index (χ1v) is 9.67. The number of nitrogens with zero attached hydrogens (tertiary/aromatic N) is 4. The van der Waals surface area contributed by atoms with Crippen LogP contribution in [0.2, 0.25) is 0 Å². The molecular weight excluding hydrogens is 447 g/mol. The van der Waals surface area contributed by atoms with Gasteiger partial charge in [-0.2, -0.15) is 11.8 Å². The van der Waals surface area contributed by atoms with Gasteiger partial charge in [0.1, 0.15) is 12.1 Å². The summed E-state index contributed by atoms with van der Waals surface area (Å²) in [5.74, 6) is 2.93. The topological polar surface area (TPSA) is 67.1 Å². The molecule has 138 valence electrons. The van der Waals surface area contributed by atoms with E-state index in [1.165, 1.54) is 12.2 Å². The van der Waals surface area contributed by atoms with Crippen LogP contribution in [0, 0.1) is 0 Å². The summed E-state index contributed by atoms with van der Waals surface area (Å²) < 4.78 is 1.88. The second kappa shape index (κ2) is 13.0. The average molecular weight is 474 g/mol. The molecule has 0 spiro atoms. The maximum atomic E-state index is 4.62. The minimum Gasteiger partial charge on any atom is -0.357 e. The van der Waals surface area contributed by atoms with Crippen LogP contribution >= 0.6 is 35.7 Å². The number of imidazole rings is 1. The summed E-state index contributed by atoms with van der Waals surface area (Å²) in [6.45, 7) is 4.49. The number of rotatable bonds is 9. The van der Waals surface area contributed by atoms with Gasteiger partial charge < -0.3 is 10.6 Å². The van der Waals surface area contributed by atoms with Crippen molar-refractivity contribution < 1.29 is 0 Å². The van der Waals surface area contributed by atoms with E-state index in [0.29, 0.717) is 6.54 Å². The number of pyridine rings is 1. The third kappa shape index (κ3) is 8.08. The minimum absolute atomic E-state index is 0. The number of hydrogen-bond donors (Lipinski definition) is 2. The molecule has 2 aromatic rings. The summed E-state index contributed by atoms with van der Waals surface area (Å²) in [5, 5.41) is 6.66. The first kappa shape index (κ1) is 21.8. The summed E-state index contributed by atoms with van der Waals surface area (Å²) in [6, 6.07) is 4.03. The van der Waals surface area contributed by atoms with Crippen LogP contribution in [-0.4, -0.2) is 45.6 Å². The van der Waals surface area contributed by atoms with Crippen molar-refractivity contribution in [2.45, 2.75) is 26.3 Å². The Balaban J connectivity index is 0.00000312. The Labute approximate surface area is 171 Å². The Kier molecular flexibility index (Phi) is 11.3. The van der Waals surface area contributed by atoms with Crippen molar-refractivity contribution >= 4 is 41.7 Å². The van der Waals surface area contributed by atoms with Crippen LogP contribution in [0.3, 0.4) is 0 Å². The SMILES string of the molecule is CCNC(=NCc1ccc(-n2ccnc2)nc1)NCCCCSC.I. The first-order chi connectivity index (χ1) is 11.8. The summed E-state index contributed by atoms with van der Waals surface area (Å²) in [5.41, 5.74) is 1.08. The molecule has 0 saturated heterocycles. The number of guanidine groups is 1. The molecule has 0 aromatic carbocycles. The van der Waals surface area contributed by atoms with Gasteiger partial charge >= 0.3 is 0 Å². The highest BCUT2D eigenvalue weighted by Crippen LogP contribution is 2.06. The maximum Gasteiger partial charge on any atom is 0.191 e. The molecule has 0 amide bonds. The predicted molar refractivity (Wildman–Crippen MR) is 117 cm³/mol. The molecule has 6 nitrogen and oxygen atoms in total. The predicted octanol–water partition coefficient (Wildman–Crippen LogP) is 3.08. The molecule has 0 fully saturated rings. The van der Waals surface area contributed by atoms with Gasteiger partial charge in [0.15, 0.2) is 5.96 Å². The average Bonchev–Trinajstić information content (AvgIpc) is 3.14. The monoisotopic (exact) mass is 474 g/mol. The van der Waals surface area contributed by atoms with Crippen molar-refractivity contribution in [3.8, 4) is 5.82 Å². The molecule has 2 N–H and O–H groups in total. The normalized spacial score (nSPS) is 11.0. The Morgan fingerprint density at radius 3 is 2.80 bits per heavy atom. The zero-order chi connectivity index (χ0) is 17.0. The number of aromatic nitrogens is 3. The first-order valence-electron chi connectivity index (χ1n) is 8.28. The second-order valence-electron chi connectivity index (χ2n) is 5.32. The fourth-order valence-electron chi connectivity index (χ4n) is 2.15. The quantitative estimate of drug-likeness (QED) is 0.253. The fourth-order valence-corrected chi connectivity index (χ4v) is 2.64. The molecule has 0 aliphatic carbocycles. The highest BCUT2D eigenvalue weighted by Gasteiger charge is 2.00. The molecule has 2 heterocycles. The van der Waals surface area contributed by atoms with E-state index in [0.717, 1.165) is 36.9 Å². The molecule has 2 aromatic heterocycles. The number of unbranched alkanes of at least 4 members (excludes halogenated alkanes) is 1. The lowest BCUT2D eigenvalue weighted by atomic mass is 10.3. The van der Waals surface area contributed by atoms with E-state index in [4.69, 9.17) is 0 Å². The van der Waals surface area contributed by atoms with Crippen molar-refractivity contribution in [1.29, 1.82) is 0 Å². The summed E-state index contributed by atoms with van der Waals surface area (Å²) >= 11 is 1.89. The molecule has 8 heteroatoms. The van der Waals surface area contributed by atoms with Gasteiger partial charge in [0.05, 0.1) is 6.54 Å². The van der Waals surface area contributed by atoms with Crippen molar-refractivity contribution in [2.24, 2.45) is 4.99 Å². The molecule has 0 aliphatic heterocycles. The fraction of sp³-hybridized carbons (Fsp3) is 0.471. The Morgan fingerprint density at radius 1 is 1.28 bits per heavy atom. The van der Waals surface area contributed by atoms with Crippen LogP contribution in [0.4, 0.5) is 0 Å². The van der Waals surface area contributed by atoms with Gasteiger partial charge in [0, 0.05) is 31.7 Å². The van der Waals surface area contributed by atoms with Crippen molar-refractivity contribution in [3.05, 3.63) is 42.6 Å². The van der Waals surface area contributed by atoms with Crippen LogP contribution < -0.4 is 10.6 Å². The molecular formula is C17H27IN6S. The molecule has 0 atom stereocenters. The van der Waals surface area contributed by atoms with E-state index in [9.17, 15) is 0 Å². The van der Waals surface area contributed by atoms with Gasteiger partial charge in [-0.15, -0.1) is 24.0 Å². The molecule has 0 unspecified atom stereocenters. The lowest BCUT2D eigenvalue weighted by Crippen LogP contribution is -2.37. The lowest BCUT2D eigenvalue weighted by Gasteiger charge is -2.11. The molecule has 2 rings (SSSR count). The Morgan fingerprint density at radius 2 is 2.16 bits per heavy atom. The maximum absolute atomic E-state index is 4.62. The van der Waals surface area contributed by atoms with Crippen LogP contribution in [-0.2, 0) is 6.54 Å².